The molecule has 0 unspecified atom stereocenters. The minimum Gasteiger partial charge on any atom is -0.296 e. The molecule has 0 spiro atoms. The van der Waals surface area contributed by atoms with Crippen molar-refractivity contribution in [2.75, 3.05) is 5.32 Å². The predicted molar refractivity (Wildman–Crippen MR) is 115 cm³/mol. The molecular formula is C21H18ClN5OS. The Balaban J connectivity index is 1.51. The van der Waals surface area contributed by atoms with Crippen molar-refractivity contribution in [2.45, 2.75) is 20.3 Å². The zero-order valence-electron chi connectivity index (χ0n) is 15.9. The molecule has 29 heavy (non-hydrogen) atoms. The molecule has 0 saturated heterocycles. The summed E-state index contributed by atoms with van der Waals surface area (Å²) in [6.07, 6.45) is 0.736. The van der Waals surface area contributed by atoms with Crippen molar-refractivity contribution in [1.82, 2.24) is 20.0 Å². The summed E-state index contributed by atoms with van der Waals surface area (Å²) in [7, 11) is 0. The first-order valence-electron chi connectivity index (χ1n) is 9.01. The van der Waals surface area contributed by atoms with Gasteiger partial charge in [-0.25, -0.2) is 9.67 Å². The number of amides is 1. The van der Waals surface area contributed by atoms with Gasteiger partial charge in [-0.05, 0) is 43.7 Å². The molecule has 0 aliphatic heterocycles. The zero-order valence-corrected chi connectivity index (χ0v) is 17.5. The molecular weight excluding hydrogens is 406 g/mol. The first kappa shape index (κ1) is 19.3. The Morgan fingerprint density at radius 2 is 1.83 bits per heavy atom. The molecule has 6 nitrogen and oxygen atoms in total. The maximum absolute atomic E-state index is 12.7. The molecule has 1 N–H and O–H groups in total. The Morgan fingerprint density at radius 3 is 2.55 bits per heavy atom. The van der Waals surface area contributed by atoms with Gasteiger partial charge >= 0.3 is 0 Å². The monoisotopic (exact) mass is 423 g/mol. The van der Waals surface area contributed by atoms with Crippen molar-refractivity contribution in [3.05, 3.63) is 87.1 Å². The predicted octanol–water partition coefficient (Wildman–Crippen LogP) is 4.84. The molecule has 0 aliphatic carbocycles. The van der Waals surface area contributed by atoms with Crippen molar-refractivity contribution in [1.29, 1.82) is 0 Å². The van der Waals surface area contributed by atoms with Gasteiger partial charge in [0.1, 0.15) is 0 Å². The van der Waals surface area contributed by atoms with Crippen LogP contribution in [-0.4, -0.2) is 25.9 Å². The Morgan fingerprint density at radius 1 is 1.10 bits per heavy atom. The van der Waals surface area contributed by atoms with E-state index in [0.29, 0.717) is 15.8 Å². The number of carbonyl (C=O) groups is 1. The van der Waals surface area contributed by atoms with Crippen LogP contribution in [0.15, 0.2) is 54.6 Å². The highest BCUT2D eigenvalue weighted by Crippen LogP contribution is 2.26. The average Bonchev–Trinajstić information content (AvgIpc) is 3.26. The second-order valence-electron chi connectivity index (χ2n) is 6.56. The van der Waals surface area contributed by atoms with E-state index in [1.165, 1.54) is 11.3 Å². The molecule has 0 fully saturated rings. The molecule has 1 amide bonds. The van der Waals surface area contributed by atoms with E-state index in [-0.39, 0.29) is 11.6 Å². The van der Waals surface area contributed by atoms with Gasteiger partial charge in [0.2, 0.25) is 0 Å². The molecule has 0 bridgehead atoms. The molecule has 4 aromatic rings. The number of thiazole rings is 1. The summed E-state index contributed by atoms with van der Waals surface area (Å²) >= 11 is 7.41. The summed E-state index contributed by atoms with van der Waals surface area (Å²) in [5.74, 6) is -0.323. The van der Waals surface area contributed by atoms with Crippen LogP contribution >= 0.6 is 22.9 Å². The number of nitrogens with one attached hydrogen (secondary N) is 1. The normalized spacial score (nSPS) is 10.9. The third kappa shape index (κ3) is 4.21. The van der Waals surface area contributed by atoms with E-state index in [9.17, 15) is 4.79 Å². The van der Waals surface area contributed by atoms with Crippen molar-refractivity contribution < 1.29 is 4.79 Å². The van der Waals surface area contributed by atoms with Crippen LogP contribution in [0, 0.1) is 13.8 Å². The Hall–Kier alpha value is -3.03. The molecule has 0 saturated carbocycles. The minimum absolute atomic E-state index is 0.279. The number of hydrogen-bond acceptors (Lipinski definition) is 5. The van der Waals surface area contributed by atoms with E-state index in [2.05, 4.69) is 20.6 Å². The Kier molecular flexibility index (Phi) is 5.42. The first-order valence-corrected chi connectivity index (χ1v) is 10.2. The van der Waals surface area contributed by atoms with Gasteiger partial charge in [-0.15, -0.1) is 16.4 Å². The van der Waals surface area contributed by atoms with E-state index < -0.39 is 0 Å². The second-order valence-corrected chi connectivity index (χ2v) is 8.08. The third-order valence-electron chi connectivity index (χ3n) is 4.50. The van der Waals surface area contributed by atoms with Gasteiger partial charge < -0.3 is 0 Å². The van der Waals surface area contributed by atoms with Gasteiger partial charge in [0.15, 0.2) is 10.8 Å². The average molecular weight is 424 g/mol. The summed E-state index contributed by atoms with van der Waals surface area (Å²) in [6, 6.07) is 17.3. The zero-order chi connectivity index (χ0) is 20.4. The lowest BCUT2D eigenvalue weighted by molar-refractivity contribution is 0.102. The van der Waals surface area contributed by atoms with Gasteiger partial charge in [-0.2, -0.15) is 0 Å². The highest BCUT2D eigenvalue weighted by atomic mass is 35.5. The lowest BCUT2D eigenvalue weighted by atomic mass is 10.1. The number of halogens is 1. The second kappa shape index (κ2) is 8.14. The highest BCUT2D eigenvalue weighted by Gasteiger charge is 2.19. The summed E-state index contributed by atoms with van der Waals surface area (Å²) < 4.78 is 1.65. The topological polar surface area (TPSA) is 72.7 Å². The number of para-hydroxylation sites is 1. The van der Waals surface area contributed by atoms with Crippen LogP contribution in [0.4, 0.5) is 5.13 Å². The van der Waals surface area contributed by atoms with Crippen molar-refractivity contribution in [3.8, 4) is 5.69 Å². The summed E-state index contributed by atoms with van der Waals surface area (Å²) in [4.78, 5) is 18.3. The van der Waals surface area contributed by atoms with Crippen molar-refractivity contribution in [2.24, 2.45) is 0 Å². The van der Waals surface area contributed by atoms with E-state index in [1.54, 1.807) is 4.68 Å². The van der Waals surface area contributed by atoms with Crippen LogP contribution in [0.2, 0.25) is 5.02 Å². The molecule has 2 aromatic heterocycles. The number of benzene rings is 2. The number of aryl methyl sites for hydroxylation is 1. The van der Waals surface area contributed by atoms with Gasteiger partial charge in [0.05, 0.1) is 17.1 Å². The van der Waals surface area contributed by atoms with Gasteiger partial charge in [0, 0.05) is 16.3 Å². The molecule has 2 aromatic carbocycles. The summed E-state index contributed by atoms with van der Waals surface area (Å²) in [6.45, 7) is 3.76. The SMILES string of the molecule is Cc1nc(NC(=O)c2nnn(-c3ccccc3)c2C)sc1Cc1ccc(Cl)cc1. The molecule has 0 atom stereocenters. The summed E-state index contributed by atoms with van der Waals surface area (Å²) in [5.41, 5.74) is 3.84. The quantitative estimate of drug-likeness (QED) is 0.498. The Labute approximate surface area is 177 Å². The fourth-order valence-corrected chi connectivity index (χ4v) is 4.06. The number of hydrogen-bond donors (Lipinski definition) is 1. The first-order chi connectivity index (χ1) is 14.0. The summed E-state index contributed by atoms with van der Waals surface area (Å²) in [5, 5.41) is 12.3. The van der Waals surface area contributed by atoms with Crippen LogP contribution in [0.3, 0.4) is 0 Å². The number of nitrogens with zero attached hydrogens (tertiary/aromatic N) is 4. The van der Waals surface area contributed by atoms with Crippen LogP contribution in [0.5, 0.6) is 0 Å². The molecule has 146 valence electrons. The molecule has 8 heteroatoms. The molecule has 4 rings (SSSR count). The highest BCUT2D eigenvalue weighted by molar-refractivity contribution is 7.15. The van der Waals surface area contributed by atoms with Gasteiger partial charge in [0.25, 0.3) is 5.91 Å². The molecule has 0 aliphatic rings. The Bertz CT molecular complexity index is 1150. The van der Waals surface area contributed by atoms with Crippen LogP contribution in [-0.2, 0) is 6.42 Å². The maximum Gasteiger partial charge on any atom is 0.279 e. The number of rotatable bonds is 5. The van der Waals surface area contributed by atoms with E-state index in [4.69, 9.17) is 11.6 Å². The maximum atomic E-state index is 12.7. The molecule has 0 radical (unpaired) electrons. The third-order valence-corrected chi connectivity index (χ3v) is 5.83. The standard InChI is InChI=1S/C21H18ClN5OS/c1-13-18(12-15-8-10-16(22)11-9-15)29-21(23-13)24-20(28)19-14(2)27(26-25-19)17-6-4-3-5-7-17/h3-11H,12H2,1-2H3,(H,23,24,28). The van der Waals surface area contributed by atoms with Gasteiger partial charge in [-0.3, -0.25) is 10.1 Å². The van der Waals surface area contributed by atoms with Crippen LogP contribution < -0.4 is 5.32 Å². The minimum atomic E-state index is -0.323. The lowest BCUT2D eigenvalue weighted by Crippen LogP contribution is -2.14. The lowest BCUT2D eigenvalue weighted by Gasteiger charge is -2.03. The fourth-order valence-electron chi connectivity index (χ4n) is 2.94. The number of carbonyl (C=O) groups excluding carboxylic acids is 1. The van der Waals surface area contributed by atoms with Crippen LogP contribution in [0.25, 0.3) is 5.69 Å². The number of aromatic nitrogens is 4. The van der Waals surface area contributed by atoms with E-state index in [0.717, 1.165) is 28.2 Å². The van der Waals surface area contributed by atoms with Gasteiger partial charge in [-0.1, -0.05) is 47.1 Å². The van der Waals surface area contributed by atoms with E-state index >= 15 is 0 Å². The van der Waals surface area contributed by atoms with Crippen molar-refractivity contribution in [3.63, 3.8) is 0 Å². The largest absolute Gasteiger partial charge is 0.296 e. The fraction of sp³-hybridized carbons (Fsp3) is 0.143. The number of anilines is 1. The smallest absolute Gasteiger partial charge is 0.279 e. The van der Waals surface area contributed by atoms with Crippen LogP contribution in [0.1, 0.15) is 32.3 Å². The molecule has 2 heterocycles. The van der Waals surface area contributed by atoms with Crippen molar-refractivity contribution >= 4 is 34.0 Å². The van der Waals surface area contributed by atoms with E-state index in [1.807, 2.05) is 68.4 Å².